The first-order valence-electron chi connectivity index (χ1n) is 7.84. The van der Waals surface area contributed by atoms with Crippen molar-refractivity contribution in [3.63, 3.8) is 0 Å². The summed E-state index contributed by atoms with van der Waals surface area (Å²) in [4.78, 5) is 14.2. The van der Waals surface area contributed by atoms with E-state index >= 15 is 0 Å². The van der Waals surface area contributed by atoms with Crippen molar-refractivity contribution in [2.24, 2.45) is 0 Å². The molecule has 128 valence electrons. The lowest BCUT2D eigenvalue weighted by Gasteiger charge is -2.25. The van der Waals surface area contributed by atoms with Crippen LogP contribution in [0.5, 0.6) is 11.5 Å². The van der Waals surface area contributed by atoms with Gasteiger partial charge in [0, 0.05) is 6.54 Å². The van der Waals surface area contributed by atoms with Gasteiger partial charge in [-0.15, -0.1) is 0 Å². The van der Waals surface area contributed by atoms with Crippen LogP contribution in [-0.2, 0) is 11.2 Å². The van der Waals surface area contributed by atoms with Gasteiger partial charge in [-0.25, -0.2) is 0 Å². The molecule has 0 aliphatic heterocycles. The predicted molar refractivity (Wildman–Crippen MR) is 94.2 cm³/mol. The summed E-state index contributed by atoms with van der Waals surface area (Å²) < 4.78 is 5.18. The lowest BCUT2D eigenvalue weighted by molar-refractivity contribution is -0.120. The molecule has 0 spiro atoms. The summed E-state index contributed by atoms with van der Waals surface area (Å²) in [6, 6.07) is 14.6. The molecule has 0 aliphatic carbocycles. The minimum absolute atomic E-state index is 0.0407. The molecule has 1 amide bonds. The second-order valence-electron chi connectivity index (χ2n) is 5.90. The molecule has 0 bridgehead atoms. The van der Waals surface area contributed by atoms with E-state index in [-0.39, 0.29) is 17.7 Å². The van der Waals surface area contributed by atoms with Crippen LogP contribution in [0.3, 0.4) is 0 Å². The molecule has 0 fully saturated rings. The molecule has 2 aromatic rings. The molecule has 5 heteroatoms. The zero-order chi connectivity index (χ0) is 17.5. The van der Waals surface area contributed by atoms with Crippen LogP contribution in [0.15, 0.2) is 48.5 Å². The number of carbonyl (C=O) groups is 1. The van der Waals surface area contributed by atoms with Crippen LogP contribution < -0.4 is 10.1 Å². The third-order valence-electron chi connectivity index (χ3n) is 3.92. The highest BCUT2D eigenvalue weighted by Crippen LogP contribution is 2.20. The number of phenolic OH excluding ortho intramolecular Hbond substituents is 1. The molecular weight excluding hydrogens is 304 g/mol. The molecule has 0 radical (unpaired) electrons. The number of aromatic hydroxyl groups is 1. The monoisotopic (exact) mass is 328 g/mol. The number of likely N-dealkylation sites (N-methyl/N-ethyl adjacent to an activating group) is 1. The molecule has 2 rings (SSSR count). The first kappa shape index (κ1) is 17.8. The molecule has 0 heterocycles. The maximum atomic E-state index is 12.1. The number of carbonyl (C=O) groups excluding carboxylic acids is 1. The van der Waals surface area contributed by atoms with Gasteiger partial charge in [-0.2, -0.15) is 0 Å². The van der Waals surface area contributed by atoms with Crippen LogP contribution in [0.25, 0.3) is 0 Å². The summed E-state index contributed by atoms with van der Waals surface area (Å²) in [6.07, 6.45) is 0.295. The SMILES string of the molecule is COc1ccc(C(CNC(=O)Cc2ccc(O)cc2)N(C)C)cc1. The maximum Gasteiger partial charge on any atom is 0.224 e. The number of ether oxygens (including phenoxy) is 1. The molecule has 1 unspecified atom stereocenters. The lowest BCUT2D eigenvalue weighted by Crippen LogP contribution is -2.35. The molecule has 1 atom stereocenters. The van der Waals surface area contributed by atoms with Crippen LogP contribution in [0, 0.1) is 0 Å². The molecule has 24 heavy (non-hydrogen) atoms. The van der Waals surface area contributed by atoms with Gasteiger partial charge in [0.25, 0.3) is 0 Å². The molecule has 0 aliphatic rings. The number of nitrogens with one attached hydrogen (secondary N) is 1. The Labute approximate surface area is 142 Å². The quantitative estimate of drug-likeness (QED) is 0.819. The average Bonchev–Trinajstić information content (AvgIpc) is 2.57. The van der Waals surface area contributed by atoms with Crippen molar-refractivity contribution in [1.29, 1.82) is 0 Å². The summed E-state index contributed by atoms with van der Waals surface area (Å²) in [5, 5.41) is 12.3. The van der Waals surface area contributed by atoms with Crippen LogP contribution in [0.4, 0.5) is 0 Å². The number of hydrogen-bond donors (Lipinski definition) is 2. The van der Waals surface area contributed by atoms with E-state index in [1.807, 2.05) is 38.4 Å². The Hall–Kier alpha value is -2.53. The van der Waals surface area contributed by atoms with Crippen LogP contribution in [-0.4, -0.2) is 43.7 Å². The molecular formula is C19H24N2O3. The first-order chi connectivity index (χ1) is 11.5. The Morgan fingerprint density at radius 1 is 1.12 bits per heavy atom. The normalized spacial score (nSPS) is 12.0. The topological polar surface area (TPSA) is 61.8 Å². The fraction of sp³-hybridized carbons (Fsp3) is 0.316. The van der Waals surface area contributed by atoms with E-state index in [1.54, 1.807) is 31.4 Å². The Balaban J connectivity index is 1.95. The molecule has 0 saturated heterocycles. The van der Waals surface area contributed by atoms with Crippen molar-refractivity contribution >= 4 is 5.91 Å². The third-order valence-corrected chi connectivity index (χ3v) is 3.92. The molecule has 2 aromatic carbocycles. The largest absolute Gasteiger partial charge is 0.508 e. The third kappa shape index (κ3) is 4.99. The summed E-state index contributed by atoms with van der Waals surface area (Å²) in [6.45, 7) is 0.524. The van der Waals surface area contributed by atoms with Gasteiger partial charge in [-0.05, 0) is 49.5 Å². The smallest absolute Gasteiger partial charge is 0.224 e. The van der Waals surface area contributed by atoms with Gasteiger partial charge in [0.05, 0.1) is 19.6 Å². The number of hydrogen-bond acceptors (Lipinski definition) is 4. The van der Waals surface area contributed by atoms with Gasteiger partial charge >= 0.3 is 0 Å². The Bertz CT molecular complexity index is 651. The Kier molecular flexibility index (Phi) is 6.21. The highest BCUT2D eigenvalue weighted by Gasteiger charge is 2.15. The van der Waals surface area contributed by atoms with Crippen molar-refractivity contribution < 1.29 is 14.6 Å². The fourth-order valence-corrected chi connectivity index (χ4v) is 2.50. The van der Waals surface area contributed by atoms with E-state index in [0.717, 1.165) is 16.9 Å². The van der Waals surface area contributed by atoms with E-state index < -0.39 is 0 Å². The van der Waals surface area contributed by atoms with E-state index in [9.17, 15) is 9.90 Å². The summed E-state index contributed by atoms with van der Waals surface area (Å²) in [5.41, 5.74) is 1.99. The number of methoxy groups -OCH3 is 1. The van der Waals surface area contributed by atoms with Crippen LogP contribution in [0.2, 0.25) is 0 Å². The highest BCUT2D eigenvalue weighted by molar-refractivity contribution is 5.78. The summed E-state index contributed by atoms with van der Waals surface area (Å²) in [7, 11) is 5.62. The van der Waals surface area contributed by atoms with Gasteiger partial charge < -0.3 is 20.1 Å². The highest BCUT2D eigenvalue weighted by atomic mass is 16.5. The Morgan fingerprint density at radius 2 is 1.75 bits per heavy atom. The van der Waals surface area contributed by atoms with Gasteiger partial charge in [0.1, 0.15) is 11.5 Å². The number of amides is 1. The van der Waals surface area contributed by atoms with Crippen LogP contribution >= 0.6 is 0 Å². The van der Waals surface area contributed by atoms with Crippen LogP contribution in [0.1, 0.15) is 17.2 Å². The van der Waals surface area contributed by atoms with Gasteiger partial charge in [-0.1, -0.05) is 24.3 Å². The molecule has 5 nitrogen and oxygen atoms in total. The van der Waals surface area contributed by atoms with Gasteiger partial charge in [0.15, 0.2) is 0 Å². The molecule has 0 aromatic heterocycles. The summed E-state index contributed by atoms with van der Waals surface area (Å²) >= 11 is 0. The van der Waals surface area contributed by atoms with Crippen molar-refractivity contribution in [2.45, 2.75) is 12.5 Å². The van der Waals surface area contributed by atoms with Crippen molar-refractivity contribution in [3.8, 4) is 11.5 Å². The van der Waals surface area contributed by atoms with E-state index in [1.165, 1.54) is 0 Å². The standard InChI is InChI=1S/C19H24N2O3/c1-21(2)18(15-6-10-17(24-3)11-7-15)13-20-19(23)12-14-4-8-16(22)9-5-14/h4-11,18,22H,12-13H2,1-3H3,(H,20,23). The molecule has 0 saturated carbocycles. The minimum Gasteiger partial charge on any atom is -0.508 e. The number of rotatable bonds is 7. The van der Waals surface area contributed by atoms with E-state index in [4.69, 9.17) is 4.74 Å². The maximum absolute atomic E-state index is 12.1. The zero-order valence-corrected chi connectivity index (χ0v) is 14.3. The molecule has 2 N–H and O–H groups in total. The summed E-state index contributed by atoms with van der Waals surface area (Å²) in [5.74, 6) is 0.972. The fourth-order valence-electron chi connectivity index (χ4n) is 2.50. The van der Waals surface area contributed by atoms with Crippen molar-refractivity contribution in [1.82, 2.24) is 10.2 Å². The second-order valence-corrected chi connectivity index (χ2v) is 5.90. The zero-order valence-electron chi connectivity index (χ0n) is 14.3. The number of nitrogens with zero attached hydrogens (tertiary/aromatic N) is 1. The predicted octanol–water partition coefficient (Wildman–Crippen LogP) is 2.36. The van der Waals surface area contributed by atoms with E-state index in [2.05, 4.69) is 10.2 Å². The van der Waals surface area contributed by atoms with Crippen molar-refractivity contribution in [2.75, 3.05) is 27.7 Å². The average molecular weight is 328 g/mol. The lowest BCUT2D eigenvalue weighted by atomic mass is 10.1. The van der Waals surface area contributed by atoms with Gasteiger partial charge in [0.2, 0.25) is 5.91 Å². The van der Waals surface area contributed by atoms with Gasteiger partial charge in [-0.3, -0.25) is 4.79 Å². The Morgan fingerprint density at radius 3 is 2.29 bits per heavy atom. The minimum atomic E-state index is -0.0407. The first-order valence-corrected chi connectivity index (χ1v) is 7.84. The number of phenols is 1. The van der Waals surface area contributed by atoms with E-state index in [0.29, 0.717) is 13.0 Å². The number of benzene rings is 2. The van der Waals surface area contributed by atoms with Crippen molar-refractivity contribution in [3.05, 3.63) is 59.7 Å². The second kappa shape index (κ2) is 8.36.